The summed E-state index contributed by atoms with van der Waals surface area (Å²) in [6, 6.07) is -0.339. The number of quaternary nitrogens is 1. The number of ether oxygens (including phenoxy) is 1. The van der Waals surface area contributed by atoms with Gasteiger partial charge in [-0.3, -0.25) is 4.79 Å². The van der Waals surface area contributed by atoms with Gasteiger partial charge in [-0.25, -0.2) is 0 Å². The van der Waals surface area contributed by atoms with E-state index in [9.17, 15) is 15.0 Å². The van der Waals surface area contributed by atoms with Crippen molar-refractivity contribution in [1.29, 1.82) is 0 Å². The van der Waals surface area contributed by atoms with Gasteiger partial charge in [-0.15, -0.1) is 0 Å². The molecule has 2 aliphatic heterocycles. The lowest BCUT2D eigenvalue weighted by Gasteiger charge is -2.64. The summed E-state index contributed by atoms with van der Waals surface area (Å²) in [5.41, 5.74) is -0.628. The first kappa shape index (κ1) is 13.6. The quantitative estimate of drug-likeness (QED) is 0.790. The van der Waals surface area contributed by atoms with E-state index < -0.39 is 17.1 Å². The van der Waals surface area contributed by atoms with Gasteiger partial charge in [0.15, 0.2) is 23.4 Å². The molecule has 2 bridgehead atoms. The number of phenols is 1. The molecule has 0 aromatic heterocycles. The fourth-order valence-corrected chi connectivity index (χ4v) is 6.78. The Bertz CT molecular complexity index is 947. The number of carbonyl (C=O) groups excluding carboxylic acids is 1. The maximum absolute atomic E-state index is 12.9. The molecule has 0 radical (unpaired) electrons. The zero-order valence-corrected chi connectivity index (χ0v) is 15.0. The summed E-state index contributed by atoms with van der Waals surface area (Å²) in [5.74, 6) is 0.471. The third-order valence-corrected chi connectivity index (χ3v) is 8.11. The molecule has 5 heteroatoms. The molecule has 1 saturated heterocycles. The van der Waals surface area contributed by atoms with Gasteiger partial charge in [0.25, 0.3) is 0 Å². The van der Waals surface area contributed by atoms with E-state index in [1.165, 1.54) is 12.8 Å². The van der Waals surface area contributed by atoms with Crippen LogP contribution in [-0.4, -0.2) is 58.4 Å². The lowest BCUT2D eigenvalue weighted by Crippen LogP contribution is -2.80. The maximum Gasteiger partial charge on any atom is 0.174 e. The van der Waals surface area contributed by atoms with E-state index in [0.29, 0.717) is 36.3 Å². The van der Waals surface area contributed by atoms with Crippen molar-refractivity contribution in [2.24, 2.45) is 5.92 Å². The minimum atomic E-state index is -1.09. The van der Waals surface area contributed by atoms with E-state index in [2.05, 4.69) is 7.05 Å². The minimum Gasteiger partial charge on any atom is -0.504 e. The van der Waals surface area contributed by atoms with Crippen LogP contribution in [0.2, 0.25) is 0 Å². The number of ketones is 1. The van der Waals surface area contributed by atoms with Crippen LogP contribution in [-0.2, 0) is 16.6 Å². The Kier molecular flexibility index (Phi) is 2.32. The number of likely N-dealkylation sites (N-methyl/N-ethyl adjacent to an activating group) is 1. The van der Waals surface area contributed by atoms with Gasteiger partial charge in [0.05, 0.1) is 28.3 Å². The van der Waals surface area contributed by atoms with Gasteiger partial charge in [0.1, 0.15) is 11.6 Å². The van der Waals surface area contributed by atoms with Gasteiger partial charge in [0, 0.05) is 30.7 Å². The monoisotopic (exact) mass is 358 g/mol. The zero-order valence-electron chi connectivity index (χ0n) is 17.0. The topological polar surface area (TPSA) is 66.8 Å². The Hall–Kier alpha value is -1.59. The number of carbonyl (C=O) groups is 1. The largest absolute Gasteiger partial charge is 0.504 e. The van der Waals surface area contributed by atoms with E-state index in [-0.39, 0.29) is 41.8 Å². The second-order valence-corrected chi connectivity index (χ2v) is 9.44. The fourth-order valence-electron chi connectivity index (χ4n) is 6.78. The van der Waals surface area contributed by atoms with Crippen molar-refractivity contribution in [3.63, 3.8) is 0 Å². The highest BCUT2D eigenvalue weighted by atomic mass is 16.5. The number of aliphatic hydroxyl groups is 1. The molecular formula is C21H26NO4+. The molecule has 3 fully saturated rings. The van der Waals surface area contributed by atoms with Gasteiger partial charge in [-0.1, -0.05) is 6.04 Å². The highest BCUT2D eigenvalue weighted by Gasteiger charge is 2.76. The fraction of sp³-hybridized carbons (Fsp3) is 0.667. The van der Waals surface area contributed by atoms with Crippen LogP contribution >= 0.6 is 0 Å². The van der Waals surface area contributed by atoms with E-state index in [0.717, 1.165) is 17.6 Å². The number of hydrogen-bond acceptors (Lipinski definition) is 4. The lowest BCUT2D eigenvalue weighted by molar-refractivity contribution is -0.950. The third kappa shape index (κ3) is 1.55. The smallest absolute Gasteiger partial charge is 0.174 e. The molecule has 4 unspecified atom stereocenters. The molecule has 5 atom stereocenters. The van der Waals surface area contributed by atoms with Crippen LogP contribution in [0.3, 0.4) is 0 Å². The first-order valence-corrected chi connectivity index (χ1v) is 9.84. The predicted octanol–water partition coefficient (Wildman–Crippen LogP) is 1.67. The maximum atomic E-state index is 12.9. The Morgan fingerprint density at radius 1 is 1.38 bits per heavy atom. The average molecular weight is 358 g/mol. The average Bonchev–Trinajstić information content (AvgIpc) is 3.38. The zero-order chi connectivity index (χ0) is 19.6. The SMILES string of the molecule is [2H]c1c([2H])c2c3c(c1O)OC1C(=O)CC[C@]4(O)C(C2)[N+](C)(CC2CC2)CCC314. The Balaban J connectivity index is 1.64. The van der Waals surface area contributed by atoms with Gasteiger partial charge >= 0.3 is 0 Å². The van der Waals surface area contributed by atoms with Crippen molar-refractivity contribution in [2.45, 2.75) is 61.7 Å². The molecule has 0 amide bonds. The number of hydrogen-bond donors (Lipinski definition) is 2. The van der Waals surface area contributed by atoms with Crippen LogP contribution in [0.4, 0.5) is 0 Å². The molecule has 3 aliphatic carbocycles. The molecule has 5 aliphatic rings. The molecular weight excluding hydrogens is 330 g/mol. The van der Waals surface area contributed by atoms with Crippen molar-refractivity contribution in [1.82, 2.24) is 0 Å². The lowest BCUT2D eigenvalue weighted by atomic mass is 9.48. The summed E-state index contributed by atoms with van der Waals surface area (Å²) in [6.07, 6.45) is 3.45. The molecule has 2 N–H and O–H groups in total. The van der Waals surface area contributed by atoms with Crippen LogP contribution in [0.15, 0.2) is 12.1 Å². The van der Waals surface area contributed by atoms with E-state index in [1.807, 2.05) is 0 Å². The Labute approximate surface area is 156 Å². The summed E-state index contributed by atoms with van der Waals surface area (Å²) in [4.78, 5) is 12.9. The molecule has 5 nitrogen and oxygen atoms in total. The van der Waals surface area contributed by atoms with Gasteiger partial charge in [0.2, 0.25) is 0 Å². The van der Waals surface area contributed by atoms with Crippen LogP contribution in [0.5, 0.6) is 11.5 Å². The molecule has 138 valence electrons. The number of Topliss-reactive ketones (excluding diaryl/α,β-unsaturated/α-hetero) is 1. The summed E-state index contributed by atoms with van der Waals surface area (Å²) < 4.78 is 23.5. The Morgan fingerprint density at radius 2 is 2.19 bits per heavy atom. The summed E-state index contributed by atoms with van der Waals surface area (Å²) in [7, 11) is 2.21. The molecule has 1 aromatic carbocycles. The van der Waals surface area contributed by atoms with Crippen molar-refractivity contribution in [2.75, 3.05) is 20.1 Å². The number of piperidine rings is 1. The van der Waals surface area contributed by atoms with Gasteiger partial charge in [-0.2, -0.15) is 0 Å². The number of benzene rings is 1. The van der Waals surface area contributed by atoms with Crippen molar-refractivity contribution in [3.8, 4) is 11.5 Å². The number of likely N-dealkylation sites (tertiary alicyclic amines) is 1. The van der Waals surface area contributed by atoms with Gasteiger partial charge in [-0.05, 0) is 30.9 Å². The second kappa shape index (κ2) is 4.45. The van der Waals surface area contributed by atoms with E-state index >= 15 is 0 Å². The molecule has 1 aromatic rings. The first-order chi connectivity index (χ1) is 13.2. The van der Waals surface area contributed by atoms with E-state index in [4.69, 9.17) is 7.48 Å². The minimum absolute atomic E-state index is 0.0184. The summed E-state index contributed by atoms with van der Waals surface area (Å²) in [5, 5.41) is 22.8. The van der Waals surface area contributed by atoms with Crippen LogP contribution in [0.25, 0.3) is 0 Å². The molecule has 1 spiro atoms. The number of rotatable bonds is 2. The Morgan fingerprint density at radius 3 is 2.96 bits per heavy atom. The first-order valence-electron chi connectivity index (χ1n) is 10.8. The number of phenolic OH excluding ortho intramolecular Hbond substituents is 1. The van der Waals surface area contributed by atoms with Crippen LogP contribution in [0, 0.1) is 5.92 Å². The van der Waals surface area contributed by atoms with E-state index in [1.54, 1.807) is 0 Å². The number of nitrogens with zero attached hydrogens (tertiary/aromatic N) is 1. The van der Waals surface area contributed by atoms with Crippen molar-refractivity contribution < 1.29 is 27.0 Å². The standard InChI is InChI=1S/C21H25NO4/c1-22(11-12-2-3-12)9-8-20-17-13-4-5-14(23)18(17)26-19(20)15(24)6-7-21(20,25)16(22)10-13/h4-5,12,16,19,25H,2-3,6-11H2,1H3/p+1/t16?,19?,20?,21-,22?/m0/s1/i4D,5D. The molecule has 26 heavy (non-hydrogen) atoms. The van der Waals surface area contributed by atoms with Crippen molar-refractivity contribution >= 4 is 5.78 Å². The highest BCUT2D eigenvalue weighted by Crippen LogP contribution is 2.65. The predicted molar refractivity (Wildman–Crippen MR) is 94.1 cm³/mol. The highest BCUT2D eigenvalue weighted by molar-refractivity contribution is 5.90. The summed E-state index contributed by atoms with van der Waals surface area (Å²) >= 11 is 0. The number of aromatic hydroxyl groups is 1. The molecule has 2 saturated carbocycles. The van der Waals surface area contributed by atoms with Crippen LogP contribution in [0.1, 0.15) is 46.0 Å². The third-order valence-electron chi connectivity index (χ3n) is 8.11. The van der Waals surface area contributed by atoms with Crippen molar-refractivity contribution in [3.05, 3.63) is 23.2 Å². The van der Waals surface area contributed by atoms with Gasteiger partial charge < -0.3 is 19.4 Å². The molecule has 6 rings (SSSR count). The van der Waals surface area contributed by atoms with Crippen LogP contribution < -0.4 is 4.74 Å². The second-order valence-electron chi connectivity index (χ2n) is 9.44. The normalized spacial score (nSPS) is 46.3. The molecule has 2 heterocycles. The summed E-state index contributed by atoms with van der Waals surface area (Å²) in [6.45, 7) is 1.87.